The summed E-state index contributed by atoms with van der Waals surface area (Å²) < 4.78 is 7.68. The molecule has 192 valence electrons. The number of fused-ring (bicyclic) bond motifs is 1. The Hall–Kier alpha value is -2.90. The zero-order chi connectivity index (χ0) is 25.4. The number of nitrogens with one attached hydrogen (secondary N) is 3. The molecule has 0 unspecified atom stereocenters. The molecule has 2 aromatic heterocycles. The molecular formula is C29H38N4O3. The van der Waals surface area contributed by atoms with Crippen LogP contribution in [0.25, 0.3) is 10.9 Å². The van der Waals surface area contributed by atoms with Gasteiger partial charge in [-0.2, -0.15) is 0 Å². The van der Waals surface area contributed by atoms with Crippen LogP contribution in [0.5, 0.6) is 0 Å². The van der Waals surface area contributed by atoms with Crippen molar-refractivity contribution in [3.05, 3.63) is 68.8 Å². The van der Waals surface area contributed by atoms with E-state index in [-0.39, 0.29) is 18.0 Å². The molecule has 0 bridgehead atoms. The first-order valence-electron chi connectivity index (χ1n) is 13.2. The minimum Gasteiger partial charge on any atom is -0.378 e. The van der Waals surface area contributed by atoms with Gasteiger partial charge >= 0.3 is 0 Å². The van der Waals surface area contributed by atoms with Gasteiger partial charge < -0.3 is 24.9 Å². The number of pyridine rings is 1. The predicted octanol–water partition coefficient (Wildman–Crippen LogP) is 4.29. The molecule has 36 heavy (non-hydrogen) atoms. The lowest BCUT2D eigenvalue weighted by molar-refractivity contribution is -0.0130. The number of amides is 1. The summed E-state index contributed by atoms with van der Waals surface area (Å²) in [5, 5.41) is 7.74. The first kappa shape index (κ1) is 24.8. The maximum absolute atomic E-state index is 13.5. The van der Waals surface area contributed by atoms with Gasteiger partial charge in [-0.25, -0.2) is 0 Å². The number of aryl methyl sites for hydroxylation is 2. The van der Waals surface area contributed by atoms with Crippen LogP contribution in [0.4, 0.5) is 0 Å². The highest BCUT2D eigenvalue weighted by molar-refractivity contribution is 6.08. The third kappa shape index (κ3) is 4.74. The van der Waals surface area contributed by atoms with Gasteiger partial charge in [-0.1, -0.05) is 18.2 Å². The molecule has 2 aliphatic rings. The third-order valence-electron chi connectivity index (χ3n) is 8.27. The predicted molar refractivity (Wildman–Crippen MR) is 143 cm³/mol. The quantitative estimate of drug-likeness (QED) is 0.461. The number of hydrogen-bond donors (Lipinski definition) is 3. The van der Waals surface area contributed by atoms with Crippen LogP contribution in [0.2, 0.25) is 0 Å². The molecule has 1 aliphatic carbocycles. The summed E-state index contributed by atoms with van der Waals surface area (Å²) in [5.74, 6) is 0.435. The highest BCUT2D eigenvalue weighted by atomic mass is 16.5. The molecule has 3 heterocycles. The van der Waals surface area contributed by atoms with Crippen LogP contribution in [-0.2, 0) is 11.3 Å². The van der Waals surface area contributed by atoms with E-state index in [1.54, 1.807) is 0 Å². The van der Waals surface area contributed by atoms with Crippen LogP contribution in [0.3, 0.4) is 0 Å². The average Bonchev–Trinajstić information content (AvgIpc) is 3.12. The topological polar surface area (TPSA) is 88.2 Å². The fraction of sp³-hybridized carbons (Fsp3) is 0.517. The molecule has 0 spiro atoms. The summed E-state index contributed by atoms with van der Waals surface area (Å²) in [5.41, 5.74) is 4.96. The Labute approximate surface area is 212 Å². The number of para-hydroxylation sites is 1. The molecule has 1 amide bonds. The van der Waals surface area contributed by atoms with Crippen LogP contribution >= 0.6 is 0 Å². The van der Waals surface area contributed by atoms with Crippen LogP contribution in [-0.4, -0.2) is 40.8 Å². The van der Waals surface area contributed by atoms with E-state index in [2.05, 4.69) is 40.1 Å². The van der Waals surface area contributed by atoms with Crippen molar-refractivity contribution in [1.82, 2.24) is 20.2 Å². The van der Waals surface area contributed by atoms with Crippen molar-refractivity contribution >= 4 is 16.8 Å². The van der Waals surface area contributed by atoms with Crippen LogP contribution in [0.15, 0.2) is 35.1 Å². The lowest BCUT2D eigenvalue weighted by Crippen LogP contribution is -2.51. The van der Waals surface area contributed by atoms with Gasteiger partial charge in [0.1, 0.15) is 0 Å². The third-order valence-corrected chi connectivity index (χ3v) is 8.27. The van der Waals surface area contributed by atoms with Gasteiger partial charge in [0.2, 0.25) is 0 Å². The molecule has 1 aliphatic heterocycles. The van der Waals surface area contributed by atoms with Crippen molar-refractivity contribution in [2.75, 3.05) is 13.2 Å². The molecular weight excluding hydrogens is 452 g/mol. The van der Waals surface area contributed by atoms with Gasteiger partial charge in [0.05, 0.1) is 24.8 Å². The largest absolute Gasteiger partial charge is 0.378 e. The number of ether oxygens (including phenoxy) is 1. The van der Waals surface area contributed by atoms with Gasteiger partial charge in [0.15, 0.2) is 0 Å². The number of carbonyl (C=O) groups excluding carboxylic acids is 1. The van der Waals surface area contributed by atoms with E-state index in [9.17, 15) is 9.59 Å². The minimum atomic E-state index is -0.143. The Morgan fingerprint density at radius 3 is 2.50 bits per heavy atom. The van der Waals surface area contributed by atoms with E-state index in [1.165, 1.54) is 25.7 Å². The van der Waals surface area contributed by atoms with E-state index in [1.807, 2.05) is 38.1 Å². The number of hydrogen-bond acceptors (Lipinski definition) is 4. The molecule has 0 radical (unpaired) electrons. The molecule has 1 saturated carbocycles. The normalized spacial score (nSPS) is 21.3. The van der Waals surface area contributed by atoms with Crippen LogP contribution in [0.1, 0.15) is 71.5 Å². The smallest absolute Gasteiger partial charge is 0.254 e. The Balaban J connectivity index is 1.35. The number of benzene rings is 1. The highest BCUT2D eigenvalue weighted by Crippen LogP contribution is 2.38. The second kappa shape index (κ2) is 10.2. The van der Waals surface area contributed by atoms with Crippen LogP contribution < -0.4 is 16.2 Å². The zero-order valence-electron chi connectivity index (χ0n) is 21.8. The number of rotatable bonds is 7. The lowest BCUT2D eigenvalue weighted by atomic mass is 9.81. The Morgan fingerprint density at radius 2 is 1.83 bits per heavy atom. The number of nitrogens with zero attached hydrogens (tertiary/aromatic N) is 1. The fourth-order valence-electron chi connectivity index (χ4n) is 6.21. The number of H-pyrrole nitrogens is 1. The van der Waals surface area contributed by atoms with Crippen molar-refractivity contribution in [3.8, 4) is 0 Å². The first-order chi connectivity index (χ1) is 17.3. The SMILES string of the molecule is Cc1cc(C)c(CNC(=O)c2c(C)n([C@H](C)C3CCC(NC4COC4)CC3)c3ccccc23)c(=O)[nH]1. The molecule has 5 rings (SSSR count). The van der Waals surface area contributed by atoms with Gasteiger partial charge in [-0.15, -0.1) is 0 Å². The monoisotopic (exact) mass is 490 g/mol. The summed E-state index contributed by atoms with van der Waals surface area (Å²) in [7, 11) is 0. The Morgan fingerprint density at radius 1 is 1.11 bits per heavy atom. The van der Waals surface area contributed by atoms with Gasteiger partial charge in [-0.3, -0.25) is 9.59 Å². The molecule has 7 heteroatoms. The molecule has 1 atom stereocenters. The minimum absolute atomic E-state index is 0.135. The maximum Gasteiger partial charge on any atom is 0.254 e. The summed E-state index contributed by atoms with van der Waals surface area (Å²) in [6.07, 6.45) is 4.72. The van der Waals surface area contributed by atoms with Crippen molar-refractivity contribution in [2.24, 2.45) is 5.92 Å². The summed E-state index contributed by atoms with van der Waals surface area (Å²) in [6.45, 7) is 10.0. The summed E-state index contributed by atoms with van der Waals surface area (Å²) in [6, 6.07) is 11.5. The molecule has 1 saturated heterocycles. The second-order valence-corrected chi connectivity index (χ2v) is 10.7. The fourth-order valence-corrected chi connectivity index (χ4v) is 6.21. The van der Waals surface area contributed by atoms with Crippen LogP contribution in [0, 0.1) is 26.7 Å². The molecule has 1 aromatic carbocycles. The molecule has 2 fully saturated rings. The standard InChI is InChI=1S/C29H38N4O3/c1-17-13-18(2)31-28(34)25(17)14-30-29(35)27-20(4)33(26-8-6-5-7-24(26)27)19(3)21-9-11-22(12-10-21)32-23-15-36-16-23/h5-8,13,19,21-23,32H,9-12,14-16H2,1-4H3,(H,30,35)(H,31,34)/t19-,21?,22?/m1/s1. The molecule has 7 nitrogen and oxygen atoms in total. The van der Waals surface area contributed by atoms with E-state index in [0.29, 0.717) is 35.2 Å². The number of aromatic amines is 1. The number of carbonyl (C=O) groups is 1. The zero-order valence-corrected chi connectivity index (χ0v) is 21.8. The molecule has 3 N–H and O–H groups in total. The second-order valence-electron chi connectivity index (χ2n) is 10.7. The van der Waals surface area contributed by atoms with Gasteiger partial charge in [0, 0.05) is 46.5 Å². The molecule has 3 aromatic rings. The van der Waals surface area contributed by atoms with E-state index >= 15 is 0 Å². The Bertz CT molecular complexity index is 1310. The maximum atomic E-state index is 13.5. The van der Waals surface area contributed by atoms with E-state index in [0.717, 1.165) is 41.1 Å². The average molecular weight is 491 g/mol. The highest BCUT2D eigenvalue weighted by Gasteiger charge is 2.31. The lowest BCUT2D eigenvalue weighted by Gasteiger charge is -2.37. The first-order valence-corrected chi connectivity index (χ1v) is 13.2. The van der Waals surface area contributed by atoms with E-state index in [4.69, 9.17) is 4.74 Å². The summed E-state index contributed by atoms with van der Waals surface area (Å²) >= 11 is 0. The Kier molecular flexibility index (Phi) is 7.04. The number of aromatic nitrogens is 2. The summed E-state index contributed by atoms with van der Waals surface area (Å²) in [4.78, 5) is 28.8. The van der Waals surface area contributed by atoms with Crippen molar-refractivity contribution in [3.63, 3.8) is 0 Å². The van der Waals surface area contributed by atoms with E-state index < -0.39 is 0 Å². The van der Waals surface area contributed by atoms with Gasteiger partial charge in [-0.05, 0) is 77.0 Å². The van der Waals surface area contributed by atoms with Crippen molar-refractivity contribution < 1.29 is 9.53 Å². The van der Waals surface area contributed by atoms with Gasteiger partial charge in [0.25, 0.3) is 11.5 Å². The van der Waals surface area contributed by atoms with Crippen molar-refractivity contribution in [1.29, 1.82) is 0 Å². The van der Waals surface area contributed by atoms with Crippen molar-refractivity contribution in [2.45, 2.75) is 78.0 Å².